The van der Waals surface area contributed by atoms with Gasteiger partial charge in [0.15, 0.2) is 23.0 Å². The Bertz CT molecular complexity index is 2930. The molecule has 8 rings (SSSR count). The lowest BCUT2D eigenvalue weighted by Crippen LogP contribution is -2.43. The van der Waals surface area contributed by atoms with Crippen LogP contribution in [-0.4, -0.2) is 133 Å². The van der Waals surface area contributed by atoms with Crippen molar-refractivity contribution in [2.45, 2.75) is 128 Å². The summed E-state index contributed by atoms with van der Waals surface area (Å²) >= 11 is 0. The molecule has 3 amide bonds. The maximum Gasteiger partial charge on any atom is 0.358 e. The summed E-state index contributed by atoms with van der Waals surface area (Å²) in [5.41, 5.74) is 2.93. The Kier molecular flexibility index (Phi) is 17.6. The molecule has 2 aliphatic rings. The number of pyridine rings is 2. The third-order valence-electron chi connectivity index (χ3n) is 11.3. The molecule has 2 aliphatic carbocycles. The fraction of sp³-hybridized carbons (Fsp3) is 0.447. The van der Waals surface area contributed by atoms with E-state index in [-0.39, 0.29) is 99.8 Å². The lowest BCUT2D eigenvalue weighted by Gasteiger charge is -2.34. The van der Waals surface area contributed by atoms with E-state index in [1.54, 1.807) is 62.4 Å². The van der Waals surface area contributed by atoms with Crippen molar-refractivity contribution in [3.05, 3.63) is 106 Å². The van der Waals surface area contributed by atoms with Crippen LogP contribution in [0.5, 0.6) is 11.5 Å². The van der Waals surface area contributed by atoms with Gasteiger partial charge in [-0.3, -0.25) is 24.4 Å². The molecule has 75 heavy (non-hydrogen) atoms. The molecule has 0 spiro atoms. The van der Waals surface area contributed by atoms with Crippen molar-refractivity contribution < 1.29 is 60.1 Å². The summed E-state index contributed by atoms with van der Waals surface area (Å²) in [6, 6.07) is 12.7. The highest BCUT2D eigenvalue weighted by molar-refractivity contribution is 5.92. The Morgan fingerprint density at radius 3 is 1.44 bits per heavy atom. The topological polar surface area (TPSA) is 282 Å². The first-order valence-electron chi connectivity index (χ1n) is 23.5. The summed E-state index contributed by atoms with van der Waals surface area (Å²) in [4.78, 5) is 55.8. The molecule has 0 bridgehead atoms. The minimum absolute atomic E-state index is 0.0571. The number of anilines is 2. The van der Waals surface area contributed by atoms with Crippen molar-refractivity contribution in [2.75, 3.05) is 17.7 Å². The number of alkyl halides is 6. The number of nitrogens with one attached hydrogen (secondary N) is 3. The van der Waals surface area contributed by atoms with Gasteiger partial charge in [-0.05, 0) is 63.8 Å². The van der Waals surface area contributed by atoms with Gasteiger partial charge >= 0.3 is 5.97 Å². The Balaban J connectivity index is 0.000000219. The molecule has 6 heterocycles. The van der Waals surface area contributed by atoms with E-state index in [9.17, 15) is 45.5 Å². The van der Waals surface area contributed by atoms with Crippen LogP contribution in [0.25, 0.3) is 0 Å². The van der Waals surface area contributed by atoms with Crippen LogP contribution >= 0.6 is 0 Å². The first-order valence-corrected chi connectivity index (χ1v) is 23.5. The number of carboxylic acids is 1. The molecule has 28 heteroatoms. The van der Waals surface area contributed by atoms with Crippen LogP contribution in [0.1, 0.15) is 93.7 Å². The molecule has 2 fully saturated rings. The first-order chi connectivity index (χ1) is 35.6. The Labute approximate surface area is 423 Å². The molecule has 0 aromatic carbocycles. The lowest BCUT2D eigenvalue weighted by atomic mass is 9.91. The van der Waals surface area contributed by atoms with Crippen LogP contribution in [0.3, 0.4) is 0 Å². The van der Waals surface area contributed by atoms with Crippen LogP contribution in [0.2, 0.25) is 0 Å². The minimum atomic E-state index is -2.69. The van der Waals surface area contributed by atoms with E-state index in [0.717, 1.165) is 10.9 Å². The summed E-state index contributed by atoms with van der Waals surface area (Å²) in [5, 5.41) is 46.9. The van der Waals surface area contributed by atoms with Gasteiger partial charge in [0.25, 0.3) is 17.8 Å². The van der Waals surface area contributed by atoms with Gasteiger partial charge in [0.05, 0.1) is 61.1 Å². The SMILES string of the molecule is CNC(=O)c1cn(C[C@H](F)CCc2ccc(NC(=O)Cc3cc(OC4CC(F)(F)C4)cc(C)n3)nn2)nn1.Cc1cc(OC2CC(F)(F)C2)cc(CC(=O)Nc2ccc(CC[C@@H](F)Cn3cc(C(=O)O)nn3)nn2)n1. The van der Waals surface area contributed by atoms with E-state index < -0.39 is 54.2 Å². The molecule has 0 aliphatic heterocycles. The summed E-state index contributed by atoms with van der Waals surface area (Å²) in [6.07, 6.45) is -1.79. The van der Waals surface area contributed by atoms with Crippen molar-refractivity contribution >= 4 is 35.3 Å². The molecule has 6 aromatic rings. The van der Waals surface area contributed by atoms with Crippen LogP contribution in [0.15, 0.2) is 60.9 Å². The van der Waals surface area contributed by atoms with Gasteiger partial charge < -0.3 is 30.5 Å². The number of hydrogen-bond donors (Lipinski definition) is 4. The number of carboxylic acid groups (broad SMARTS) is 1. The number of halogens is 6. The van der Waals surface area contributed by atoms with E-state index in [4.69, 9.17) is 14.6 Å². The highest BCUT2D eigenvalue weighted by atomic mass is 19.3. The predicted octanol–water partition coefficient (Wildman–Crippen LogP) is 5.26. The molecule has 0 unspecified atom stereocenters. The molecular weight excluding hydrogens is 1000 g/mol. The molecule has 0 saturated heterocycles. The van der Waals surface area contributed by atoms with Crippen molar-refractivity contribution in [3.8, 4) is 11.5 Å². The van der Waals surface area contributed by atoms with Crippen LogP contribution in [0.4, 0.5) is 38.0 Å². The molecule has 4 N–H and O–H groups in total. The zero-order valence-corrected chi connectivity index (χ0v) is 40.6. The standard InChI is InChI=1S/C24H27F3N8O3.C23H24F3N7O4/c1-14-7-18(38-19-10-24(26,27)11-19)8-17(29-14)9-22(36)30-21-6-5-16(31-33-21)4-3-15(25)12-35-13-20(32-34-35)23(37)28-2;1-13-6-17(37-18-9-23(25,26)10-18)7-16(27-13)8-21(34)28-20-5-4-15(29-31-20)3-2-14(24)11-33-12-19(22(35)36)30-32-33/h5-8,13,15,19H,3-4,9-12H2,1-2H3,(H,28,37)(H,30,33,36);4-7,12,14,18H,2-3,8-11H2,1H3,(H,35,36)(H,28,31,34)/t15-;14-/m11/s1. The monoisotopic (exact) mass is 1050 g/mol. The highest BCUT2D eigenvalue weighted by Gasteiger charge is 2.48. The Morgan fingerprint density at radius 1 is 0.640 bits per heavy atom. The normalized spacial score (nSPS) is 15.5. The van der Waals surface area contributed by atoms with Gasteiger partial charge in [-0.15, -0.1) is 20.4 Å². The molecule has 0 radical (unpaired) electrons. The number of aromatic nitrogens is 12. The summed E-state index contributed by atoms with van der Waals surface area (Å²) in [6.45, 7) is 3.24. The van der Waals surface area contributed by atoms with Gasteiger partial charge in [0.2, 0.25) is 11.8 Å². The van der Waals surface area contributed by atoms with Crippen molar-refractivity contribution in [1.82, 2.24) is 65.7 Å². The van der Waals surface area contributed by atoms with Gasteiger partial charge in [-0.25, -0.2) is 40.5 Å². The molecule has 6 aromatic heterocycles. The van der Waals surface area contributed by atoms with Crippen molar-refractivity contribution in [3.63, 3.8) is 0 Å². The number of hydrogen-bond acceptors (Lipinski definition) is 16. The van der Waals surface area contributed by atoms with Gasteiger partial charge in [0, 0.05) is 68.4 Å². The minimum Gasteiger partial charge on any atom is -0.490 e. The van der Waals surface area contributed by atoms with Crippen molar-refractivity contribution in [2.24, 2.45) is 0 Å². The first kappa shape index (κ1) is 54.6. The fourth-order valence-electron chi connectivity index (χ4n) is 7.61. The van der Waals surface area contributed by atoms with Gasteiger partial charge in [-0.2, -0.15) is 10.2 Å². The summed E-state index contributed by atoms with van der Waals surface area (Å²) in [7, 11) is 1.47. The zero-order chi connectivity index (χ0) is 53.9. The van der Waals surface area contributed by atoms with E-state index >= 15 is 0 Å². The molecule has 2 saturated carbocycles. The number of ether oxygens (including phenoxy) is 2. The second-order valence-electron chi connectivity index (χ2n) is 18.0. The number of carbonyl (C=O) groups is 4. The maximum atomic E-state index is 14.4. The average Bonchev–Trinajstić information content (AvgIpc) is 4.00. The Hall–Kier alpha value is -8.20. The second-order valence-corrected chi connectivity index (χ2v) is 18.0. The summed E-state index contributed by atoms with van der Waals surface area (Å²) < 4.78 is 94.3. The highest BCUT2D eigenvalue weighted by Crippen LogP contribution is 2.41. The molecule has 2 atom stereocenters. The second kappa shape index (κ2) is 24.2. The van der Waals surface area contributed by atoms with Gasteiger partial charge in [0.1, 0.15) is 36.1 Å². The third kappa shape index (κ3) is 16.9. The number of amides is 3. The average molecular weight is 1050 g/mol. The maximum absolute atomic E-state index is 14.4. The molecule has 398 valence electrons. The largest absolute Gasteiger partial charge is 0.490 e. The fourth-order valence-corrected chi connectivity index (χ4v) is 7.61. The van der Waals surface area contributed by atoms with Crippen LogP contribution < -0.4 is 25.4 Å². The van der Waals surface area contributed by atoms with E-state index in [1.807, 2.05) is 0 Å². The van der Waals surface area contributed by atoms with E-state index in [2.05, 4.69) is 66.9 Å². The van der Waals surface area contributed by atoms with Crippen LogP contribution in [0, 0.1) is 13.8 Å². The third-order valence-corrected chi connectivity index (χ3v) is 11.3. The quantitative estimate of drug-likeness (QED) is 0.0631. The molecule has 22 nitrogen and oxygen atoms in total. The smallest absolute Gasteiger partial charge is 0.358 e. The van der Waals surface area contributed by atoms with Gasteiger partial charge in [-0.1, -0.05) is 10.4 Å². The number of rotatable bonds is 22. The van der Waals surface area contributed by atoms with E-state index in [1.165, 1.54) is 17.9 Å². The number of aryl methyl sites for hydroxylation is 4. The Morgan fingerprint density at radius 2 is 1.07 bits per heavy atom. The van der Waals surface area contributed by atoms with E-state index in [0.29, 0.717) is 52.1 Å². The molecular formula is C47H51F6N15O7. The number of aromatic carboxylic acids is 1. The number of nitrogens with zero attached hydrogens (tertiary/aromatic N) is 12. The zero-order valence-electron chi connectivity index (χ0n) is 40.6. The van der Waals surface area contributed by atoms with Crippen molar-refractivity contribution in [1.29, 1.82) is 0 Å². The lowest BCUT2D eigenvalue weighted by molar-refractivity contribution is -0.135. The summed E-state index contributed by atoms with van der Waals surface area (Å²) in [5.74, 6) is -6.60. The van der Waals surface area contributed by atoms with Crippen LogP contribution in [-0.2, 0) is 48.4 Å². The predicted molar refractivity (Wildman–Crippen MR) is 251 cm³/mol. The number of carbonyl (C=O) groups excluding carboxylic acids is 3.